The van der Waals surface area contributed by atoms with E-state index in [4.69, 9.17) is 16.3 Å². The van der Waals surface area contributed by atoms with E-state index < -0.39 is 0 Å². The van der Waals surface area contributed by atoms with Crippen molar-refractivity contribution in [1.82, 2.24) is 10.7 Å². The van der Waals surface area contributed by atoms with Crippen LogP contribution < -0.4 is 15.5 Å². The van der Waals surface area contributed by atoms with Crippen LogP contribution in [0.15, 0.2) is 23.3 Å². The van der Waals surface area contributed by atoms with Crippen molar-refractivity contribution in [1.29, 1.82) is 0 Å². The number of halogens is 1. The van der Waals surface area contributed by atoms with Gasteiger partial charge >= 0.3 is 0 Å². The molecule has 0 spiro atoms. The summed E-state index contributed by atoms with van der Waals surface area (Å²) >= 11 is 6.28. The van der Waals surface area contributed by atoms with E-state index in [9.17, 15) is 9.90 Å². The highest BCUT2D eigenvalue weighted by atomic mass is 35.5. The monoisotopic (exact) mass is 353 g/mol. The fourth-order valence-corrected chi connectivity index (χ4v) is 2.53. The Bertz CT molecular complexity index is 605. The first-order chi connectivity index (χ1) is 11.5. The zero-order valence-electron chi connectivity index (χ0n) is 14.0. The van der Waals surface area contributed by atoms with Crippen molar-refractivity contribution in [2.24, 2.45) is 5.10 Å². The Morgan fingerprint density at radius 2 is 2.21 bits per heavy atom. The summed E-state index contributed by atoms with van der Waals surface area (Å²) in [5, 5.41) is 17.1. The molecule has 2 rings (SSSR count). The number of hydrogen-bond donors (Lipinski definition) is 3. The van der Waals surface area contributed by atoms with Crippen molar-refractivity contribution in [2.45, 2.75) is 45.3 Å². The maximum absolute atomic E-state index is 11.1. The average molecular weight is 354 g/mol. The zero-order valence-corrected chi connectivity index (χ0v) is 14.8. The smallest absolute Gasteiger partial charge is 0.240 e. The summed E-state index contributed by atoms with van der Waals surface area (Å²) in [5.41, 5.74) is 4.19. The van der Waals surface area contributed by atoms with E-state index in [0.717, 1.165) is 17.7 Å². The normalized spacial score (nSPS) is 17.0. The predicted molar refractivity (Wildman–Crippen MR) is 94.6 cm³/mol. The van der Waals surface area contributed by atoms with Crippen LogP contribution in [0.1, 0.15) is 38.7 Å². The van der Waals surface area contributed by atoms with E-state index >= 15 is 0 Å². The van der Waals surface area contributed by atoms with Gasteiger partial charge in [-0.15, -0.1) is 0 Å². The Hall–Kier alpha value is -1.63. The van der Waals surface area contributed by atoms with E-state index in [1.54, 1.807) is 6.92 Å². The van der Waals surface area contributed by atoms with Crippen LogP contribution in [0.4, 0.5) is 0 Å². The van der Waals surface area contributed by atoms with E-state index in [1.807, 2.05) is 25.1 Å². The number of carbonyl (C=O) groups is 1. The highest BCUT2D eigenvalue weighted by Crippen LogP contribution is 2.27. The minimum absolute atomic E-state index is 0.0666. The number of aliphatic hydroxyl groups is 1. The quantitative estimate of drug-likeness (QED) is 0.668. The Morgan fingerprint density at radius 3 is 2.83 bits per heavy atom. The van der Waals surface area contributed by atoms with Gasteiger partial charge in [-0.3, -0.25) is 4.79 Å². The maximum atomic E-state index is 11.1. The molecule has 3 N–H and O–H groups in total. The summed E-state index contributed by atoms with van der Waals surface area (Å²) in [4.78, 5) is 11.1. The molecule has 0 aliphatic carbocycles. The summed E-state index contributed by atoms with van der Waals surface area (Å²) in [6.07, 6.45) is 1.49. The van der Waals surface area contributed by atoms with Gasteiger partial charge in [-0.05, 0) is 44.0 Å². The third kappa shape index (κ3) is 5.78. The standard InChI is InChI=1S/C17H24ClN3O3/c1-11(19-10-12(2)22)7-8-24-16-5-3-13(9-14(16)18)15-4-6-17(23)21-20-15/h3,5,9,11-12,19,22H,4,6-8,10H2,1-2H3,(H,21,23)/t11?,12-/m0/s1. The number of benzene rings is 1. The number of ether oxygens (including phenoxy) is 1. The number of carbonyl (C=O) groups excluding carboxylic acids is 1. The second-order valence-electron chi connectivity index (χ2n) is 6.03. The molecule has 0 radical (unpaired) electrons. The number of nitrogens with zero attached hydrogens (tertiary/aromatic N) is 1. The number of rotatable bonds is 8. The Morgan fingerprint density at radius 1 is 1.42 bits per heavy atom. The van der Waals surface area contributed by atoms with Gasteiger partial charge in [0.25, 0.3) is 0 Å². The number of amides is 1. The topological polar surface area (TPSA) is 83.0 Å². The van der Waals surface area contributed by atoms with Crippen molar-refractivity contribution in [3.8, 4) is 5.75 Å². The highest BCUT2D eigenvalue weighted by molar-refractivity contribution is 6.32. The van der Waals surface area contributed by atoms with Gasteiger partial charge in [-0.2, -0.15) is 5.10 Å². The third-order valence-corrected chi connectivity index (χ3v) is 4.04. The molecule has 6 nitrogen and oxygen atoms in total. The van der Waals surface area contributed by atoms with Crippen LogP contribution >= 0.6 is 11.6 Å². The van der Waals surface area contributed by atoms with Crippen molar-refractivity contribution in [3.05, 3.63) is 28.8 Å². The van der Waals surface area contributed by atoms with E-state index in [-0.39, 0.29) is 18.1 Å². The fraction of sp³-hybridized carbons (Fsp3) is 0.529. The molecule has 1 heterocycles. The average Bonchev–Trinajstić information content (AvgIpc) is 2.55. The molecule has 24 heavy (non-hydrogen) atoms. The molecule has 0 fully saturated rings. The van der Waals surface area contributed by atoms with Crippen LogP contribution in [-0.4, -0.2) is 42.0 Å². The molecule has 1 aromatic carbocycles. The molecule has 2 atom stereocenters. The lowest BCUT2D eigenvalue weighted by atomic mass is 10.0. The zero-order chi connectivity index (χ0) is 17.5. The van der Waals surface area contributed by atoms with Gasteiger partial charge in [-0.1, -0.05) is 11.6 Å². The molecule has 1 amide bonds. The van der Waals surface area contributed by atoms with Gasteiger partial charge in [0.05, 0.1) is 23.4 Å². The first-order valence-corrected chi connectivity index (χ1v) is 8.53. The van der Waals surface area contributed by atoms with Crippen LogP contribution in [0.25, 0.3) is 0 Å². The Kier molecular flexibility index (Phi) is 7.02. The van der Waals surface area contributed by atoms with Gasteiger partial charge in [-0.25, -0.2) is 5.43 Å². The first kappa shape index (κ1) is 18.7. The molecule has 0 aromatic heterocycles. The summed E-state index contributed by atoms with van der Waals surface area (Å²) < 4.78 is 5.73. The van der Waals surface area contributed by atoms with Crippen molar-refractivity contribution < 1.29 is 14.6 Å². The number of nitrogens with one attached hydrogen (secondary N) is 2. The van der Waals surface area contributed by atoms with E-state index in [2.05, 4.69) is 15.8 Å². The molecule has 0 saturated carbocycles. The molecule has 1 aliphatic heterocycles. The number of aliphatic hydroxyl groups excluding tert-OH is 1. The lowest BCUT2D eigenvalue weighted by Gasteiger charge is -2.16. The highest BCUT2D eigenvalue weighted by Gasteiger charge is 2.14. The number of hydrazone groups is 1. The summed E-state index contributed by atoms with van der Waals surface area (Å²) in [6, 6.07) is 5.78. The minimum Gasteiger partial charge on any atom is -0.492 e. The summed E-state index contributed by atoms with van der Waals surface area (Å²) in [7, 11) is 0. The van der Waals surface area contributed by atoms with Crippen LogP contribution in [0.2, 0.25) is 5.02 Å². The van der Waals surface area contributed by atoms with Gasteiger partial charge < -0.3 is 15.2 Å². The molecule has 1 aliphatic rings. The molecule has 0 bridgehead atoms. The van der Waals surface area contributed by atoms with E-state index in [0.29, 0.717) is 36.8 Å². The molecule has 0 saturated heterocycles. The third-order valence-electron chi connectivity index (χ3n) is 3.74. The molecular weight excluding hydrogens is 330 g/mol. The summed E-state index contributed by atoms with van der Waals surface area (Å²) in [6.45, 7) is 4.89. The van der Waals surface area contributed by atoms with Gasteiger partial charge in [0, 0.05) is 25.4 Å². The van der Waals surface area contributed by atoms with Crippen LogP contribution in [0.5, 0.6) is 5.75 Å². The maximum Gasteiger partial charge on any atom is 0.240 e. The van der Waals surface area contributed by atoms with Gasteiger partial charge in [0.1, 0.15) is 5.75 Å². The largest absolute Gasteiger partial charge is 0.492 e. The Balaban J connectivity index is 1.85. The van der Waals surface area contributed by atoms with E-state index in [1.165, 1.54) is 0 Å². The SMILES string of the molecule is CC(CCOc1ccc(C2=NNC(=O)CC2)cc1Cl)NC[C@H](C)O. The van der Waals surface area contributed by atoms with Gasteiger partial charge in [0.2, 0.25) is 5.91 Å². The molecule has 1 aromatic rings. The molecule has 132 valence electrons. The molecular formula is C17H24ClN3O3. The van der Waals surface area contributed by atoms with Crippen molar-refractivity contribution in [3.63, 3.8) is 0 Å². The fourth-order valence-electron chi connectivity index (χ4n) is 2.30. The second-order valence-corrected chi connectivity index (χ2v) is 6.44. The predicted octanol–water partition coefficient (Wildman–Crippen LogP) is 2.08. The minimum atomic E-state index is -0.358. The Labute approximate surface area is 147 Å². The number of hydrogen-bond acceptors (Lipinski definition) is 5. The lowest BCUT2D eigenvalue weighted by molar-refractivity contribution is -0.121. The van der Waals surface area contributed by atoms with Crippen molar-refractivity contribution >= 4 is 23.2 Å². The van der Waals surface area contributed by atoms with Crippen molar-refractivity contribution in [2.75, 3.05) is 13.2 Å². The van der Waals surface area contributed by atoms with Crippen LogP contribution in [0, 0.1) is 0 Å². The second kappa shape index (κ2) is 9.01. The first-order valence-electron chi connectivity index (χ1n) is 8.15. The van der Waals surface area contributed by atoms with Gasteiger partial charge in [0.15, 0.2) is 0 Å². The lowest BCUT2D eigenvalue weighted by Crippen LogP contribution is -2.33. The molecule has 7 heteroatoms. The molecule has 1 unspecified atom stereocenters. The van der Waals surface area contributed by atoms with Crippen LogP contribution in [0.3, 0.4) is 0 Å². The van der Waals surface area contributed by atoms with Crippen LogP contribution in [-0.2, 0) is 4.79 Å². The summed E-state index contributed by atoms with van der Waals surface area (Å²) in [5.74, 6) is 0.562.